The van der Waals surface area contributed by atoms with Gasteiger partial charge in [-0.25, -0.2) is 4.39 Å². The first kappa shape index (κ1) is 11.4. The molecular weight excluding hydrogens is 183 g/mol. The molecule has 1 amide bonds. The zero-order chi connectivity index (χ0) is 10.4. The average molecular weight is 202 g/mol. The maximum absolute atomic E-state index is 12.1. The van der Waals surface area contributed by atoms with Gasteiger partial charge in [0, 0.05) is 26.2 Å². The molecule has 3 nitrogen and oxygen atoms in total. The van der Waals surface area contributed by atoms with E-state index in [1.165, 1.54) is 12.8 Å². The van der Waals surface area contributed by atoms with Gasteiger partial charge in [-0.2, -0.15) is 0 Å². The number of nitrogens with zero attached hydrogens (tertiary/aromatic N) is 2. The van der Waals surface area contributed by atoms with Crippen LogP contribution in [0.5, 0.6) is 0 Å². The van der Waals surface area contributed by atoms with Crippen LogP contribution in [0.4, 0.5) is 4.39 Å². The van der Waals surface area contributed by atoms with Gasteiger partial charge in [0.25, 0.3) is 5.91 Å². The Morgan fingerprint density at radius 3 is 2.43 bits per heavy atom. The van der Waals surface area contributed by atoms with Gasteiger partial charge >= 0.3 is 0 Å². The second-order valence-electron chi connectivity index (χ2n) is 3.71. The van der Waals surface area contributed by atoms with E-state index < -0.39 is 6.67 Å². The average Bonchev–Trinajstić information content (AvgIpc) is 2.26. The van der Waals surface area contributed by atoms with Crippen molar-refractivity contribution in [2.24, 2.45) is 0 Å². The quantitative estimate of drug-likeness (QED) is 0.676. The monoisotopic (exact) mass is 202 g/mol. The maximum atomic E-state index is 12.1. The van der Waals surface area contributed by atoms with E-state index >= 15 is 0 Å². The minimum absolute atomic E-state index is 0.361. The van der Waals surface area contributed by atoms with Crippen molar-refractivity contribution in [2.75, 3.05) is 39.4 Å². The van der Waals surface area contributed by atoms with E-state index in [9.17, 15) is 9.18 Å². The van der Waals surface area contributed by atoms with E-state index in [1.807, 2.05) is 0 Å². The summed E-state index contributed by atoms with van der Waals surface area (Å²) in [5.74, 6) is -0.361. The molecule has 1 fully saturated rings. The molecule has 0 N–H and O–H groups in total. The number of alkyl halides is 1. The first-order valence-electron chi connectivity index (χ1n) is 5.34. The molecule has 0 aliphatic carbocycles. The van der Waals surface area contributed by atoms with Crippen LogP contribution in [0.15, 0.2) is 0 Å². The fourth-order valence-electron chi connectivity index (χ4n) is 1.69. The highest BCUT2D eigenvalue weighted by molar-refractivity contribution is 5.77. The van der Waals surface area contributed by atoms with E-state index in [0.717, 1.165) is 19.6 Å². The van der Waals surface area contributed by atoms with Crippen molar-refractivity contribution in [1.29, 1.82) is 0 Å². The lowest BCUT2D eigenvalue weighted by atomic mass is 10.2. The number of carbonyl (C=O) groups is 1. The molecule has 1 aliphatic heterocycles. The van der Waals surface area contributed by atoms with Gasteiger partial charge in [-0.1, -0.05) is 13.3 Å². The Labute approximate surface area is 84.9 Å². The molecule has 0 atom stereocenters. The van der Waals surface area contributed by atoms with E-state index in [0.29, 0.717) is 13.1 Å². The van der Waals surface area contributed by atoms with Crippen LogP contribution in [0.25, 0.3) is 0 Å². The zero-order valence-electron chi connectivity index (χ0n) is 8.84. The number of rotatable bonds is 4. The van der Waals surface area contributed by atoms with E-state index in [1.54, 1.807) is 4.90 Å². The molecule has 0 radical (unpaired) electrons. The summed E-state index contributed by atoms with van der Waals surface area (Å²) >= 11 is 0. The van der Waals surface area contributed by atoms with Crippen LogP contribution >= 0.6 is 0 Å². The summed E-state index contributed by atoms with van der Waals surface area (Å²) in [7, 11) is 0. The van der Waals surface area contributed by atoms with Crippen molar-refractivity contribution < 1.29 is 9.18 Å². The zero-order valence-corrected chi connectivity index (χ0v) is 8.84. The van der Waals surface area contributed by atoms with Crippen molar-refractivity contribution in [3.8, 4) is 0 Å². The summed E-state index contributed by atoms with van der Waals surface area (Å²) in [6.45, 7) is 5.59. The van der Waals surface area contributed by atoms with Crippen LogP contribution in [0.1, 0.15) is 19.8 Å². The summed E-state index contributed by atoms with van der Waals surface area (Å²) in [6.07, 6.45) is 2.40. The molecule has 0 aromatic carbocycles. The van der Waals surface area contributed by atoms with Gasteiger partial charge in [0.1, 0.15) is 0 Å². The summed E-state index contributed by atoms with van der Waals surface area (Å²) in [5, 5.41) is 0. The molecule has 0 spiro atoms. The molecule has 82 valence electrons. The van der Waals surface area contributed by atoms with Crippen LogP contribution in [0.3, 0.4) is 0 Å². The van der Waals surface area contributed by atoms with Gasteiger partial charge in [-0.15, -0.1) is 0 Å². The number of carbonyl (C=O) groups excluding carboxylic acids is 1. The van der Waals surface area contributed by atoms with Crippen LogP contribution in [-0.2, 0) is 4.79 Å². The molecule has 0 aromatic heterocycles. The maximum Gasteiger partial charge on any atom is 0.254 e. The molecule has 1 heterocycles. The van der Waals surface area contributed by atoms with Crippen molar-refractivity contribution in [1.82, 2.24) is 9.80 Å². The number of unbranched alkanes of at least 4 members (excludes halogenated alkanes) is 1. The predicted molar refractivity (Wildman–Crippen MR) is 53.9 cm³/mol. The molecule has 14 heavy (non-hydrogen) atoms. The van der Waals surface area contributed by atoms with Gasteiger partial charge in [0.2, 0.25) is 0 Å². The molecule has 1 aliphatic rings. The lowest BCUT2D eigenvalue weighted by Crippen LogP contribution is -2.49. The van der Waals surface area contributed by atoms with Crippen LogP contribution in [0.2, 0.25) is 0 Å². The van der Waals surface area contributed by atoms with Crippen molar-refractivity contribution in [3.05, 3.63) is 0 Å². The summed E-state index contributed by atoms with van der Waals surface area (Å²) in [6, 6.07) is 0. The third kappa shape index (κ3) is 3.25. The summed E-state index contributed by atoms with van der Waals surface area (Å²) < 4.78 is 12.1. The predicted octanol–water partition coefficient (Wildman–Crippen LogP) is 0.900. The van der Waals surface area contributed by atoms with Gasteiger partial charge < -0.3 is 4.90 Å². The van der Waals surface area contributed by atoms with Gasteiger partial charge in [0.15, 0.2) is 6.67 Å². The second-order valence-corrected chi connectivity index (χ2v) is 3.71. The van der Waals surface area contributed by atoms with Gasteiger partial charge in [-0.3, -0.25) is 9.69 Å². The molecule has 0 saturated carbocycles. The molecule has 0 aromatic rings. The molecule has 1 saturated heterocycles. The standard InChI is InChI=1S/C10H19FN2O/c1-2-3-4-12-5-7-13(8-6-12)10(14)9-11/h2-9H2,1H3. The molecule has 0 unspecified atom stereocenters. The Hall–Kier alpha value is -0.640. The Morgan fingerprint density at radius 1 is 1.29 bits per heavy atom. The smallest absolute Gasteiger partial charge is 0.254 e. The Bertz CT molecular complexity index is 179. The highest BCUT2D eigenvalue weighted by atomic mass is 19.1. The third-order valence-electron chi connectivity index (χ3n) is 2.67. The van der Waals surface area contributed by atoms with Gasteiger partial charge in [0.05, 0.1) is 0 Å². The van der Waals surface area contributed by atoms with Crippen LogP contribution in [0, 0.1) is 0 Å². The highest BCUT2D eigenvalue weighted by Crippen LogP contribution is 2.03. The lowest BCUT2D eigenvalue weighted by Gasteiger charge is -2.34. The summed E-state index contributed by atoms with van der Waals surface area (Å²) in [5.41, 5.74) is 0. The molecule has 1 rings (SSSR count). The Morgan fingerprint density at radius 2 is 1.93 bits per heavy atom. The molecule has 0 bridgehead atoms. The Balaban J connectivity index is 2.20. The normalized spacial score (nSPS) is 18.6. The lowest BCUT2D eigenvalue weighted by molar-refractivity contribution is -0.133. The van der Waals surface area contributed by atoms with Crippen molar-refractivity contribution >= 4 is 5.91 Å². The first-order valence-corrected chi connectivity index (χ1v) is 5.34. The highest BCUT2D eigenvalue weighted by Gasteiger charge is 2.19. The van der Waals surface area contributed by atoms with Crippen molar-refractivity contribution in [2.45, 2.75) is 19.8 Å². The first-order chi connectivity index (χ1) is 6.77. The van der Waals surface area contributed by atoms with Gasteiger partial charge in [-0.05, 0) is 13.0 Å². The van der Waals surface area contributed by atoms with Crippen LogP contribution < -0.4 is 0 Å². The Kier molecular flexibility index (Phi) is 4.87. The fourth-order valence-corrected chi connectivity index (χ4v) is 1.69. The van der Waals surface area contributed by atoms with Crippen molar-refractivity contribution in [3.63, 3.8) is 0 Å². The molecular formula is C10H19FN2O. The largest absolute Gasteiger partial charge is 0.338 e. The number of piperazine rings is 1. The van der Waals surface area contributed by atoms with E-state index in [2.05, 4.69) is 11.8 Å². The van der Waals surface area contributed by atoms with Crippen LogP contribution in [-0.4, -0.2) is 55.1 Å². The topological polar surface area (TPSA) is 23.6 Å². The number of halogens is 1. The number of amides is 1. The second kappa shape index (κ2) is 5.96. The number of hydrogen-bond acceptors (Lipinski definition) is 2. The third-order valence-corrected chi connectivity index (χ3v) is 2.67. The minimum atomic E-state index is -0.852. The minimum Gasteiger partial charge on any atom is -0.338 e. The SMILES string of the molecule is CCCCN1CCN(C(=O)CF)CC1. The number of hydrogen-bond donors (Lipinski definition) is 0. The fraction of sp³-hybridized carbons (Fsp3) is 0.900. The molecule has 4 heteroatoms. The summed E-state index contributed by atoms with van der Waals surface area (Å²) in [4.78, 5) is 15.0. The van der Waals surface area contributed by atoms with E-state index in [-0.39, 0.29) is 5.91 Å². The van der Waals surface area contributed by atoms with E-state index in [4.69, 9.17) is 0 Å².